The minimum absolute atomic E-state index is 0. The highest BCUT2D eigenvalue weighted by Crippen LogP contribution is 2.48. The highest BCUT2D eigenvalue weighted by atomic mass is 16.5. The smallest absolute Gasteiger partial charge is 0.230 e. The molecule has 7 heteroatoms. The lowest BCUT2D eigenvalue weighted by Crippen LogP contribution is -2.48. The molecule has 1 N–H and O–H groups in total. The van der Waals surface area contributed by atoms with Crippen molar-refractivity contribution in [3.63, 3.8) is 0 Å². The number of carbonyl (C=O) groups excluding carboxylic acids is 1. The van der Waals surface area contributed by atoms with E-state index >= 15 is 0 Å². The monoisotopic (exact) mass is 450 g/mol. The molecule has 1 saturated heterocycles. The fraction of sp³-hybridized carbons (Fsp3) is 0.538. The van der Waals surface area contributed by atoms with Gasteiger partial charge in [-0.05, 0) is 61.8 Å². The van der Waals surface area contributed by atoms with Gasteiger partial charge >= 0.3 is 0 Å². The number of methoxy groups -OCH3 is 1. The Morgan fingerprint density at radius 3 is 2.82 bits per heavy atom. The number of carbonyl (C=O) groups is 1. The van der Waals surface area contributed by atoms with E-state index in [4.69, 9.17) is 9.47 Å². The Kier molecular flexibility index (Phi) is 5.46. The standard InChI is InChI=1S/C26H32N4O3.H2/c1-32-24-14-17-4-5-18(24)13-21(17)26(31)30-16-19-3-2-8-27-25(19)28-22-7-6-20(15-23(22)30)29-9-11-33-12-10-29;/h2-3,6-8,15,17-18,21,24H,4-5,9-14,16H2,1H3,(H,27,28);1H. The molecule has 7 nitrogen and oxygen atoms in total. The van der Waals surface area contributed by atoms with Gasteiger partial charge in [0.25, 0.3) is 0 Å². The Morgan fingerprint density at radius 1 is 1.18 bits per heavy atom. The summed E-state index contributed by atoms with van der Waals surface area (Å²) in [5.41, 5.74) is 4.08. The third-order valence-corrected chi connectivity index (χ3v) is 8.10. The first-order chi connectivity index (χ1) is 16.2. The van der Waals surface area contributed by atoms with Crippen LogP contribution in [0.25, 0.3) is 0 Å². The topological polar surface area (TPSA) is 66.9 Å². The molecule has 1 aromatic carbocycles. The van der Waals surface area contributed by atoms with Gasteiger partial charge in [0.15, 0.2) is 0 Å². The van der Waals surface area contributed by atoms with E-state index in [1.54, 1.807) is 6.20 Å². The lowest BCUT2D eigenvalue weighted by atomic mass is 9.63. The molecule has 1 aromatic heterocycles. The van der Waals surface area contributed by atoms with Crippen LogP contribution in [0.1, 0.15) is 32.7 Å². The van der Waals surface area contributed by atoms with Crippen LogP contribution in [-0.2, 0) is 20.8 Å². The molecule has 0 spiro atoms. The molecule has 1 amide bonds. The number of benzene rings is 1. The maximum absolute atomic E-state index is 14.2. The molecule has 5 aliphatic rings. The van der Waals surface area contributed by atoms with Crippen molar-refractivity contribution < 1.29 is 15.7 Å². The van der Waals surface area contributed by atoms with Gasteiger partial charge in [-0.25, -0.2) is 4.98 Å². The lowest BCUT2D eigenvalue weighted by molar-refractivity contribution is -0.132. The van der Waals surface area contributed by atoms with Crippen molar-refractivity contribution in [2.24, 2.45) is 17.8 Å². The van der Waals surface area contributed by atoms with Gasteiger partial charge in [-0.3, -0.25) is 4.79 Å². The zero-order chi connectivity index (χ0) is 22.4. The first kappa shape index (κ1) is 20.9. The molecule has 4 fully saturated rings. The van der Waals surface area contributed by atoms with E-state index in [1.165, 1.54) is 6.42 Å². The maximum atomic E-state index is 14.2. The predicted molar refractivity (Wildman–Crippen MR) is 130 cm³/mol. The SMILES string of the molecule is COC1CC2CCC1CC2C(=O)N1Cc2cccnc2Nc2ccc(N3CCOCC3)cc21.[HH]. The number of hydrogen-bond donors (Lipinski definition) is 1. The number of aromatic nitrogens is 1. The molecule has 3 saturated carbocycles. The van der Waals surface area contributed by atoms with E-state index in [0.29, 0.717) is 24.5 Å². The molecular weight excluding hydrogens is 416 g/mol. The van der Waals surface area contributed by atoms with Crippen LogP contribution < -0.4 is 15.1 Å². The largest absolute Gasteiger partial charge is 0.381 e. The van der Waals surface area contributed by atoms with E-state index in [-0.39, 0.29) is 13.3 Å². The summed E-state index contributed by atoms with van der Waals surface area (Å²) in [6.45, 7) is 3.74. The van der Waals surface area contributed by atoms with Gasteiger partial charge < -0.3 is 24.6 Å². The minimum Gasteiger partial charge on any atom is -0.381 e. The molecular formula is C26H34N4O3. The molecule has 0 radical (unpaired) electrons. The third kappa shape index (κ3) is 3.77. The van der Waals surface area contributed by atoms with Crippen LogP contribution in [0.3, 0.4) is 0 Å². The number of nitrogens with zero attached hydrogens (tertiary/aromatic N) is 3. The van der Waals surface area contributed by atoms with E-state index < -0.39 is 0 Å². The van der Waals surface area contributed by atoms with Crippen LogP contribution in [-0.4, -0.2) is 50.4 Å². The van der Waals surface area contributed by atoms with Crippen molar-refractivity contribution in [1.29, 1.82) is 0 Å². The van der Waals surface area contributed by atoms with Crippen molar-refractivity contribution in [2.45, 2.75) is 38.3 Å². The number of ether oxygens (including phenoxy) is 2. The molecule has 4 atom stereocenters. The van der Waals surface area contributed by atoms with Crippen LogP contribution in [0.5, 0.6) is 0 Å². The molecule has 4 unspecified atom stereocenters. The quantitative estimate of drug-likeness (QED) is 0.756. The Hall–Kier alpha value is -2.64. The second-order valence-electron chi connectivity index (χ2n) is 9.81. The highest BCUT2D eigenvalue weighted by molar-refractivity contribution is 6.00. The fourth-order valence-electron chi connectivity index (χ4n) is 6.29. The summed E-state index contributed by atoms with van der Waals surface area (Å²) in [4.78, 5) is 23.1. The summed E-state index contributed by atoms with van der Waals surface area (Å²) in [5, 5.41) is 3.50. The number of fused-ring (bicyclic) bond motifs is 5. The zero-order valence-corrected chi connectivity index (χ0v) is 19.2. The van der Waals surface area contributed by atoms with E-state index in [2.05, 4.69) is 39.5 Å². The average Bonchev–Trinajstić information content (AvgIpc) is 3.05. The molecule has 2 bridgehead atoms. The van der Waals surface area contributed by atoms with Crippen molar-refractivity contribution >= 4 is 28.8 Å². The van der Waals surface area contributed by atoms with Gasteiger partial charge in [0.1, 0.15) is 5.82 Å². The molecule has 2 aromatic rings. The van der Waals surface area contributed by atoms with Gasteiger partial charge in [-0.2, -0.15) is 0 Å². The van der Waals surface area contributed by atoms with Crippen LogP contribution in [0.2, 0.25) is 0 Å². The zero-order valence-electron chi connectivity index (χ0n) is 19.2. The molecule has 3 heterocycles. The predicted octanol–water partition coefficient (Wildman–Crippen LogP) is 4.21. The normalized spacial score (nSPS) is 28.5. The maximum Gasteiger partial charge on any atom is 0.230 e. The summed E-state index contributed by atoms with van der Waals surface area (Å²) in [6, 6.07) is 10.4. The van der Waals surface area contributed by atoms with Crippen LogP contribution in [0, 0.1) is 17.8 Å². The fourth-order valence-corrected chi connectivity index (χ4v) is 6.29. The van der Waals surface area contributed by atoms with E-state index in [9.17, 15) is 4.79 Å². The van der Waals surface area contributed by atoms with Gasteiger partial charge in [0, 0.05) is 45.0 Å². The summed E-state index contributed by atoms with van der Waals surface area (Å²) < 4.78 is 11.3. The van der Waals surface area contributed by atoms with Crippen molar-refractivity contribution in [3.8, 4) is 0 Å². The lowest BCUT2D eigenvalue weighted by Gasteiger charge is -2.47. The second-order valence-corrected chi connectivity index (χ2v) is 9.81. The first-order valence-corrected chi connectivity index (χ1v) is 12.2. The van der Waals surface area contributed by atoms with E-state index in [1.807, 2.05) is 18.1 Å². The van der Waals surface area contributed by atoms with Gasteiger partial charge in [-0.15, -0.1) is 0 Å². The minimum atomic E-state index is 0. The molecule has 7 rings (SSSR count). The van der Waals surface area contributed by atoms with Crippen LogP contribution in [0.15, 0.2) is 36.5 Å². The summed E-state index contributed by atoms with van der Waals surface area (Å²) in [5.74, 6) is 2.04. The Bertz CT molecular complexity index is 1040. The highest BCUT2D eigenvalue weighted by Gasteiger charge is 2.46. The molecule has 2 aliphatic heterocycles. The number of nitrogens with one attached hydrogen (secondary N) is 1. The molecule has 176 valence electrons. The molecule has 3 aliphatic carbocycles. The Balaban J connectivity index is 0.00000241. The van der Waals surface area contributed by atoms with Crippen LogP contribution in [0.4, 0.5) is 22.9 Å². The summed E-state index contributed by atoms with van der Waals surface area (Å²) in [7, 11) is 1.82. The van der Waals surface area contributed by atoms with E-state index in [0.717, 1.165) is 74.0 Å². The Morgan fingerprint density at radius 2 is 2.03 bits per heavy atom. The van der Waals surface area contributed by atoms with Crippen LogP contribution >= 0.6 is 0 Å². The number of pyridine rings is 1. The average molecular weight is 451 g/mol. The number of hydrogen-bond acceptors (Lipinski definition) is 6. The Labute approximate surface area is 196 Å². The van der Waals surface area contributed by atoms with Gasteiger partial charge in [-0.1, -0.05) is 6.07 Å². The van der Waals surface area contributed by atoms with Gasteiger partial charge in [0.2, 0.25) is 5.91 Å². The number of rotatable bonds is 3. The first-order valence-electron chi connectivity index (χ1n) is 12.2. The van der Waals surface area contributed by atoms with Crippen molar-refractivity contribution in [1.82, 2.24) is 4.98 Å². The summed E-state index contributed by atoms with van der Waals surface area (Å²) in [6.07, 6.45) is 6.36. The number of anilines is 4. The second kappa shape index (κ2) is 8.61. The van der Waals surface area contributed by atoms with Gasteiger partial charge in [0.05, 0.1) is 37.2 Å². The third-order valence-electron chi connectivity index (χ3n) is 8.10. The number of amides is 1. The van der Waals surface area contributed by atoms with Crippen molar-refractivity contribution in [2.75, 3.05) is 48.5 Å². The molecule has 33 heavy (non-hydrogen) atoms. The number of morpholine rings is 1. The van der Waals surface area contributed by atoms with Crippen molar-refractivity contribution in [3.05, 3.63) is 42.1 Å². The summed E-state index contributed by atoms with van der Waals surface area (Å²) >= 11 is 0.